The first-order valence-electron chi connectivity index (χ1n) is 10.2. The zero-order chi connectivity index (χ0) is 21.0. The van der Waals surface area contributed by atoms with Crippen LogP contribution in [0, 0.1) is 5.92 Å². The van der Waals surface area contributed by atoms with Crippen molar-refractivity contribution in [2.75, 3.05) is 37.7 Å². The molecule has 0 aromatic heterocycles. The summed E-state index contributed by atoms with van der Waals surface area (Å²) in [5.74, 6) is -1.82. The predicted molar refractivity (Wildman–Crippen MR) is 108 cm³/mol. The standard InChI is InChI=1S/C21H29N3O5/c1-14(2)18(20(26)24-9-3-4-17(24)21(27)28)22-19(25)15-5-7-16(8-6-15)23-10-12-29-13-11-23/h5-8,14,17-18H,3-4,9-13H2,1-2H3,(H,22,25)(H,27,28)/t17-,18-/m0/s1. The molecule has 2 fully saturated rings. The van der Waals surface area contributed by atoms with E-state index in [9.17, 15) is 19.5 Å². The first kappa shape index (κ1) is 21.1. The van der Waals surface area contributed by atoms with Crippen LogP contribution in [0.4, 0.5) is 5.69 Å². The molecule has 2 heterocycles. The summed E-state index contributed by atoms with van der Waals surface area (Å²) >= 11 is 0. The monoisotopic (exact) mass is 403 g/mol. The van der Waals surface area contributed by atoms with Gasteiger partial charge in [-0.1, -0.05) is 13.8 Å². The molecule has 0 spiro atoms. The van der Waals surface area contributed by atoms with Crippen molar-refractivity contribution >= 4 is 23.5 Å². The number of nitrogens with zero attached hydrogens (tertiary/aromatic N) is 2. The highest BCUT2D eigenvalue weighted by atomic mass is 16.5. The van der Waals surface area contributed by atoms with Gasteiger partial charge in [0.2, 0.25) is 5.91 Å². The third kappa shape index (κ3) is 4.87. The highest BCUT2D eigenvalue weighted by molar-refractivity contribution is 5.98. The van der Waals surface area contributed by atoms with E-state index in [1.54, 1.807) is 12.1 Å². The van der Waals surface area contributed by atoms with Crippen molar-refractivity contribution in [1.82, 2.24) is 10.2 Å². The van der Waals surface area contributed by atoms with Crippen molar-refractivity contribution in [3.8, 4) is 0 Å². The Morgan fingerprint density at radius 2 is 1.76 bits per heavy atom. The van der Waals surface area contributed by atoms with E-state index in [1.807, 2.05) is 26.0 Å². The number of anilines is 1. The van der Waals surface area contributed by atoms with E-state index in [1.165, 1.54) is 4.90 Å². The van der Waals surface area contributed by atoms with Crippen LogP contribution in [0.2, 0.25) is 0 Å². The van der Waals surface area contributed by atoms with Crippen molar-refractivity contribution < 1.29 is 24.2 Å². The number of carboxylic acids is 1. The minimum absolute atomic E-state index is 0.158. The number of benzene rings is 1. The van der Waals surface area contributed by atoms with Gasteiger partial charge >= 0.3 is 5.97 Å². The molecular weight excluding hydrogens is 374 g/mol. The minimum Gasteiger partial charge on any atom is -0.480 e. The average Bonchev–Trinajstić information content (AvgIpc) is 3.22. The smallest absolute Gasteiger partial charge is 0.326 e. The van der Waals surface area contributed by atoms with Gasteiger partial charge in [-0.3, -0.25) is 9.59 Å². The number of rotatable bonds is 6. The van der Waals surface area contributed by atoms with Gasteiger partial charge in [0, 0.05) is 30.9 Å². The number of morpholine rings is 1. The van der Waals surface area contributed by atoms with Gasteiger partial charge in [-0.15, -0.1) is 0 Å². The topological polar surface area (TPSA) is 99.2 Å². The molecule has 0 bridgehead atoms. The zero-order valence-corrected chi connectivity index (χ0v) is 17.0. The Labute approximate surface area is 170 Å². The number of hydrogen-bond donors (Lipinski definition) is 2. The molecule has 3 rings (SSSR count). The second-order valence-corrected chi connectivity index (χ2v) is 7.87. The fourth-order valence-corrected chi connectivity index (χ4v) is 3.85. The largest absolute Gasteiger partial charge is 0.480 e. The molecule has 0 unspecified atom stereocenters. The summed E-state index contributed by atoms with van der Waals surface area (Å²) in [5, 5.41) is 12.2. The second-order valence-electron chi connectivity index (χ2n) is 7.87. The Bertz CT molecular complexity index is 743. The molecule has 2 amide bonds. The number of hydrogen-bond acceptors (Lipinski definition) is 5. The predicted octanol–water partition coefficient (Wildman–Crippen LogP) is 1.35. The molecule has 1 aromatic rings. The van der Waals surface area contributed by atoms with E-state index in [4.69, 9.17) is 4.74 Å². The molecular formula is C21H29N3O5. The first-order chi connectivity index (χ1) is 13.9. The average molecular weight is 403 g/mol. The number of carboxylic acid groups (broad SMARTS) is 1. The molecule has 2 saturated heterocycles. The highest BCUT2D eigenvalue weighted by Crippen LogP contribution is 2.21. The van der Waals surface area contributed by atoms with E-state index >= 15 is 0 Å². The second kappa shape index (κ2) is 9.26. The fourth-order valence-electron chi connectivity index (χ4n) is 3.85. The number of amides is 2. The molecule has 0 radical (unpaired) electrons. The fraction of sp³-hybridized carbons (Fsp3) is 0.571. The SMILES string of the molecule is CC(C)[C@H](NC(=O)c1ccc(N2CCOCC2)cc1)C(=O)N1CCC[C@H]1C(=O)O. The van der Waals surface area contributed by atoms with E-state index in [2.05, 4.69) is 10.2 Å². The van der Waals surface area contributed by atoms with E-state index in [-0.39, 0.29) is 17.7 Å². The van der Waals surface area contributed by atoms with Gasteiger partial charge < -0.3 is 25.0 Å². The van der Waals surface area contributed by atoms with Gasteiger partial charge in [-0.2, -0.15) is 0 Å². The lowest BCUT2D eigenvalue weighted by molar-refractivity contribution is -0.149. The molecule has 0 aliphatic carbocycles. The molecule has 8 nitrogen and oxygen atoms in total. The summed E-state index contributed by atoms with van der Waals surface area (Å²) in [5.41, 5.74) is 1.50. The van der Waals surface area contributed by atoms with Gasteiger partial charge in [0.15, 0.2) is 0 Å². The van der Waals surface area contributed by atoms with Crippen LogP contribution < -0.4 is 10.2 Å². The summed E-state index contributed by atoms with van der Waals surface area (Å²) < 4.78 is 5.36. The summed E-state index contributed by atoms with van der Waals surface area (Å²) in [6, 6.07) is 5.71. The molecule has 2 atom stereocenters. The van der Waals surface area contributed by atoms with E-state index < -0.39 is 18.1 Å². The molecule has 158 valence electrons. The van der Waals surface area contributed by atoms with Crippen molar-refractivity contribution in [1.29, 1.82) is 0 Å². The van der Waals surface area contributed by atoms with Crippen LogP contribution in [0.1, 0.15) is 37.0 Å². The Morgan fingerprint density at radius 3 is 2.34 bits per heavy atom. The quantitative estimate of drug-likeness (QED) is 0.744. The molecule has 8 heteroatoms. The maximum absolute atomic E-state index is 13.0. The summed E-state index contributed by atoms with van der Waals surface area (Å²) in [6.07, 6.45) is 1.10. The molecule has 29 heavy (non-hydrogen) atoms. The Kier molecular flexibility index (Phi) is 6.74. The van der Waals surface area contributed by atoms with Crippen LogP contribution in [0.5, 0.6) is 0 Å². The lowest BCUT2D eigenvalue weighted by atomic mass is 10.0. The number of carbonyl (C=O) groups is 3. The van der Waals surface area contributed by atoms with Crippen LogP contribution in [0.15, 0.2) is 24.3 Å². The van der Waals surface area contributed by atoms with Gasteiger partial charge in [0.25, 0.3) is 5.91 Å². The number of carbonyl (C=O) groups excluding carboxylic acids is 2. The van der Waals surface area contributed by atoms with E-state index in [0.29, 0.717) is 38.2 Å². The molecule has 2 N–H and O–H groups in total. The number of aliphatic carboxylic acids is 1. The third-order valence-electron chi connectivity index (χ3n) is 5.55. The van der Waals surface area contributed by atoms with Crippen molar-refractivity contribution in [3.63, 3.8) is 0 Å². The Morgan fingerprint density at radius 1 is 1.10 bits per heavy atom. The summed E-state index contributed by atoms with van der Waals surface area (Å²) in [6.45, 7) is 7.10. The van der Waals surface area contributed by atoms with Gasteiger partial charge in [-0.05, 0) is 43.0 Å². The highest BCUT2D eigenvalue weighted by Gasteiger charge is 2.38. The van der Waals surface area contributed by atoms with Gasteiger partial charge in [0.05, 0.1) is 13.2 Å². The Hall–Kier alpha value is -2.61. The third-order valence-corrected chi connectivity index (χ3v) is 5.55. The van der Waals surface area contributed by atoms with Crippen molar-refractivity contribution in [3.05, 3.63) is 29.8 Å². The van der Waals surface area contributed by atoms with Gasteiger partial charge in [0.1, 0.15) is 12.1 Å². The lowest BCUT2D eigenvalue weighted by Crippen LogP contribution is -2.53. The molecule has 2 aliphatic heterocycles. The van der Waals surface area contributed by atoms with Crippen LogP contribution in [-0.4, -0.2) is 72.7 Å². The van der Waals surface area contributed by atoms with Crippen LogP contribution in [0.25, 0.3) is 0 Å². The summed E-state index contributed by atoms with van der Waals surface area (Å²) in [7, 11) is 0. The molecule has 1 aromatic carbocycles. The first-order valence-corrected chi connectivity index (χ1v) is 10.2. The zero-order valence-electron chi connectivity index (χ0n) is 17.0. The van der Waals surface area contributed by atoms with Crippen LogP contribution in [-0.2, 0) is 14.3 Å². The number of ether oxygens (including phenoxy) is 1. The van der Waals surface area contributed by atoms with Crippen molar-refractivity contribution in [2.24, 2.45) is 5.92 Å². The normalized spacial score (nSPS) is 20.6. The van der Waals surface area contributed by atoms with E-state index in [0.717, 1.165) is 18.8 Å². The molecule has 2 aliphatic rings. The summed E-state index contributed by atoms with van der Waals surface area (Å²) in [4.78, 5) is 40.7. The number of nitrogens with one attached hydrogen (secondary N) is 1. The van der Waals surface area contributed by atoms with Crippen molar-refractivity contribution in [2.45, 2.75) is 38.8 Å². The maximum Gasteiger partial charge on any atom is 0.326 e. The van der Waals surface area contributed by atoms with Crippen LogP contribution >= 0.6 is 0 Å². The van der Waals surface area contributed by atoms with Gasteiger partial charge in [-0.25, -0.2) is 4.79 Å². The lowest BCUT2D eigenvalue weighted by Gasteiger charge is -2.30. The number of likely N-dealkylation sites (tertiary alicyclic amines) is 1. The van der Waals surface area contributed by atoms with Crippen LogP contribution in [0.3, 0.4) is 0 Å². The maximum atomic E-state index is 13.0. The Balaban J connectivity index is 1.67. The minimum atomic E-state index is -0.997. The molecule has 0 saturated carbocycles.